The maximum absolute atomic E-state index is 13.0. The van der Waals surface area contributed by atoms with E-state index in [1.165, 1.54) is 10.2 Å². The Morgan fingerprint density at radius 2 is 1.73 bits per heavy atom. The van der Waals surface area contributed by atoms with Crippen molar-refractivity contribution in [2.45, 2.75) is 5.03 Å². The van der Waals surface area contributed by atoms with Gasteiger partial charge in [0.25, 0.3) is 10.0 Å². The monoisotopic (exact) mass is 307 g/mol. The Balaban J connectivity index is 2.19. The molecular formula is C16H9N3O2S. The van der Waals surface area contributed by atoms with Gasteiger partial charge in [-0.05, 0) is 24.3 Å². The van der Waals surface area contributed by atoms with Crippen LogP contribution in [-0.4, -0.2) is 22.4 Å². The highest BCUT2D eigenvalue weighted by Gasteiger charge is 2.34. The maximum Gasteiger partial charge on any atom is 0.286 e. The van der Waals surface area contributed by atoms with Crippen LogP contribution in [0.15, 0.2) is 59.9 Å². The second-order valence-corrected chi connectivity index (χ2v) is 6.90. The molecule has 0 amide bonds. The van der Waals surface area contributed by atoms with Crippen molar-refractivity contribution < 1.29 is 8.42 Å². The number of hydrogen-bond acceptors (Lipinski definition) is 4. The molecule has 1 aromatic carbocycles. The lowest BCUT2D eigenvalue weighted by atomic mass is 10.1. The quantitative estimate of drug-likeness (QED) is 0.441. The molecule has 1 aliphatic rings. The van der Waals surface area contributed by atoms with Crippen molar-refractivity contribution in [2.75, 3.05) is 0 Å². The highest BCUT2D eigenvalue weighted by molar-refractivity contribution is 7.90. The first-order chi connectivity index (χ1) is 10.7. The molecule has 0 spiro atoms. The number of hydrogen-bond donors (Lipinski definition) is 0. The molecule has 5 nitrogen and oxygen atoms in total. The first-order valence-electron chi connectivity index (χ1n) is 6.79. The molecule has 1 aliphatic heterocycles. The average Bonchev–Trinajstić information content (AvgIpc) is 2.89. The summed E-state index contributed by atoms with van der Waals surface area (Å²) >= 11 is 0. The summed E-state index contributed by atoms with van der Waals surface area (Å²) in [6, 6.07) is 12.8. The number of rotatable bonds is 0. The van der Waals surface area contributed by atoms with Crippen LogP contribution in [0.4, 0.5) is 0 Å². The fourth-order valence-electron chi connectivity index (χ4n) is 3.19. The Kier molecular flexibility index (Phi) is 2.01. The topological polar surface area (TPSA) is 64.8 Å². The van der Waals surface area contributed by atoms with Crippen LogP contribution >= 0.6 is 0 Å². The standard InChI is InChI=1S/C16H9N3O2S/c20-22(21)16-12(5-3-8-18-16)14-15-11(7-9-17-14)10-4-1-2-6-13(10)19(15)22/h1-9H. The van der Waals surface area contributed by atoms with E-state index in [0.717, 1.165) is 10.8 Å². The third-order valence-corrected chi connectivity index (χ3v) is 5.73. The van der Waals surface area contributed by atoms with Gasteiger partial charge in [-0.2, -0.15) is 8.42 Å². The molecule has 0 saturated heterocycles. The van der Waals surface area contributed by atoms with E-state index in [1.54, 1.807) is 18.3 Å². The fraction of sp³-hybridized carbons (Fsp3) is 0. The van der Waals surface area contributed by atoms with E-state index < -0.39 is 10.0 Å². The van der Waals surface area contributed by atoms with Crippen LogP contribution in [0.2, 0.25) is 0 Å². The van der Waals surface area contributed by atoms with Gasteiger partial charge in [-0.1, -0.05) is 18.2 Å². The predicted octanol–water partition coefficient (Wildman–Crippen LogP) is 2.80. The average molecular weight is 307 g/mol. The largest absolute Gasteiger partial charge is 0.286 e. The third kappa shape index (κ3) is 1.22. The van der Waals surface area contributed by atoms with Crippen LogP contribution in [0.5, 0.6) is 0 Å². The van der Waals surface area contributed by atoms with E-state index in [2.05, 4.69) is 9.97 Å². The molecule has 0 saturated carbocycles. The fourth-order valence-corrected chi connectivity index (χ4v) is 4.84. The number of para-hydroxylation sites is 1. The molecule has 0 bridgehead atoms. The molecule has 0 fully saturated rings. The Labute approximate surface area is 125 Å². The van der Waals surface area contributed by atoms with Gasteiger partial charge in [0.15, 0.2) is 5.03 Å². The lowest BCUT2D eigenvalue weighted by Crippen LogP contribution is -2.19. The minimum atomic E-state index is -3.73. The molecule has 4 aromatic rings. The normalized spacial score (nSPS) is 15.1. The predicted molar refractivity (Wildman–Crippen MR) is 83.1 cm³/mol. The summed E-state index contributed by atoms with van der Waals surface area (Å²) in [5.74, 6) is 0. The van der Waals surface area contributed by atoms with Crippen molar-refractivity contribution in [3.8, 4) is 11.3 Å². The molecule has 3 aromatic heterocycles. The van der Waals surface area contributed by atoms with Crippen LogP contribution in [0, 0.1) is 0 Å². The Bertz CT molecular complexity index is 1190. The molecule has 4 heterocycles. The number of fused-ring (bicyclic) bond motifs is 5. The molecule has 0 atom stereocenters. The minimum Gasteiger partial charge on any atom is -0.254 e. The summed E-state index contributed by atoms with van der Waals surface area (Å²) in [6.07, 6.45) is 3.20. The third-order valence-electron chi connectivity index (χ3n) is 4.05. The van der Waals surface area contributed by atoms with E-state index in [9.17, 15) is 8.42 Å². The van der Waals surface area contributed by atoms with E-state index in [4.69, 9.17) is 0 Å². The summed E-state index contributed by atoms with van der Waals surface area (Å²) in [7, 11) is -3.73. The molecule has 6 heteroatoms. The summed E-state index contributed by atoms with van der Waals surface area (Å²) in [5, 5.41) is 1.85. The Hall–Kier alpha value is -2.73. The van der Waals surface area contributed by atoms with Crippen molar-refractivity contribution in [2.24, 2.45) is 0 Å². The Morgan fingerprint density at radius 1 is 0.864 bits per heavy atom. The van der Waals surface area contributed by atoms with Crippen LogP contribution in [-0.2, 0) is 10.0 Å². The van der Waals surface area contributed by atoms with Crippen molar-refractivity contribution in [3.63, 3.8) is 0 Å². The summed E-state index contributed by atoms with van der Waals surface area (Å²) in [5.41, 5.74) is 2.50. The van der Waals surface area contributed by atoms with Gasteiger partial charge in [0.1, 0.15) is 0 Å². The molecular weight excluding hydrogens is 298 g/mol. The molecule has 0 N–H and O–H groups in total. The van der Waals surface area contributed by atoms with Crippen LogP contribution in [0.25, 0.3) is 33.1 Å². The first kappa shape index (κ1) is 11.9. The van der Waals surface area contributed by atoms with E-state index >= 15 is 0 Å². The smallest absolute Gasteiger partial charge is 0.254 e. The number of benzene rings is 1. The maximum atomic E-state index is 13.0. The van der Waals surface area contributed by atoms with Gasteiger partial charge in [-0.25, -0.2) is 8.96 Å². The van der Waals surface area contributed by atoms with Gasteiger partial charge in [0, 0.05) is 28.7 Å². The van der Waals surface area contributed by atoms with Gasteiger partial charge in [0.05, 0.1) is 16.7 Å². The van der Waals surface area contributed by atoms with E-state index in [1.807, 2.05) is 30.3 Å². The van der Waals surface area contributed by atoms with Crippen molar-refractivity contribution >= 4 is 31.8 Å². The number of pyridine rings is 2. The highest BCUT2D eigenvalue weighted by atomic mass is 32.2. The van der Waals surface area contributed by atoms with Crippen LogP contribution < -0.4 is 0 Å². The second kappa shape index (κ2) is 3.72. The van der Waals surface area contributed by atoms with Crippen LogP contribution in [0.3, 0.4) is 0 Å². The minimum absolute atomic E-state index is 0.0591. The SMILES string of the molecule is O=S1(=O)c2ncccc2-c2nccc3c4ccccc4n1c23. The van der Waals surface area contributed by atoms with Crippen LogP contribution in [0.1, 0.15) is 0 Å². The zero-order chi connectivity index (χ0) is 14.9. The molecule has 0 radical (unpaired) electrons. The molecule has 0 unspecified atom stereocenters. The van der Waals surface area contributed by atoms with Crippen molar-refractivity contribution in [3.05, 3.63) is 54.9 Å². The molecule has 22 heavy (non-hydrogen) atoms. The summed E-state index contributed by atoms with van der Waals surface area (Å²) in [4.78, 5) is 8.51. The lowest BCUT2D eigenvalue weighted by molar-refractivity contribution is 0.586. The molecule has 106 valence electrons. The van der Waals surface area contributed by atoms with E-state index in [0.29, 0.717) is 22.3 Å². The van der Waals surface area contributed by atoms with Crippen molar-refractivity contribution in [1.82, 2.24) is 13.9 Å². The zero-order valence-corrected chi connectivity index (χ0v) is 12.1. The highest BCUT2D eigenvalue weighted by Crippen LogP contribution is 2.42. The van der Waals surface area contributed by atoms with E-state index in [-0.39, 0.29) is 5.03 Å². The Morgan fingerprint density at radius 3 is 2.64 bits per heavy atom. The number of nitrogens with zero attached hydrogens (tertiary/aromatic N) is 3. The van der Waals surface area contributed by atoms with Gasteiger partial charge in [-0.15, -0.1) is 0 Å². The van der Waals surface area contributed by atoms with Gasteiger partial charge in [-0.3, -0.25) is 4.98 Å². The van der Waals surface area contributed by atoms with Gasteiger partial charge < -0.3 is 0 Å². The molecule has 0 aliphatic carbocycles. The lowest BCUT2D eigenvalue weighted by Gasteiger charge is -2.18. The zero-order valence-electron chi connectivity index (χ0n) is 11.3. The van der Waals surface area contributed by atoms with Gasteiger partial charge in [0.2, 0.25) is 0 Å². The second-order valence-electron chi connectivity index (χ2n) is 5.20. The summed E-state index contributed by atoms with van der Waals surface area (Å²) < 4.78 is 27.4. The van der Waals surface area contributed by atoms with Gasteiger partial charge >= 0.3 is 0 Å². The first-order valence-corrected chi connectivity index (χ1v) is 8.23. The molecule has 5 rings (SSSR count). The number of aromatic nitrogens is 3. The van der Waals surface area contributed by atoms with Crippen molar-refractivity contribution in [1.29, 1.82) is 0 Å². The summed E-state index contributed by atoms with van der Waals surface area (Å²) in [6.45, 7) is 0.